The molecule has 0 aromatic heterocycles. The summed E-state index contributed by atoms with van der Waals surface area (Å²) in [4.78, 5) is 51.0. The maximum absolute atomic E-state index is 14.0. The second-order valence-electron chi connectivity index (χ2n) is 14.4. The van der Waals surface area contributed by atoms with E-state index in [1.807, 2.05) is 84.9 Å². The van der Waals surface area contributed by atoms with Crippen molar-refractivity contribution in [3.8, 4) is 0 Å². The van der Waals surface area contributed by atoms with Gasteiger partial charge in [-0.3, -0.25) is 9.59 Å². The van der Waals surface area contributed by atoms with Crippen LogP contribution in [0, 0.1) is 11.3 Å². The molecule has 280 valence electrons. The molecule has 1 rings (SSSR count). The van der Waals surface area contributed by atoms with Crippen molar-refractivity contribution >= 4 is 23.8 Å². The van der Waals surface area contributed by atoms with E-state index >= 15 is 0 Å². The summed E-state index contributed by atoms with van der Waals surface area (Å²) >= 11 is 0. The average Bonchev–Trinajstić information content (AvgIpc) is 3.00. The van der Waals surface area contributed by atoms with E-state index in [9.17, 15) is 27.6 Å². The molecular weight excluding hydrogens is 639 g/mol. The van der Waals surface area contributed by atoms with Gasteiger partial charge in [0, 0.05) is 18.0 Å². The Hall–Kier alpha value is -3.41. The van der Waals surface area contributed by atoms with Crippen molar-refractivity contribution in [2.45, 2.75) is 131 Å². The molecule has 0 spiro atoms. The van der Waals surface area contributed by atoms with Gasteiger partial charge in [0.1, 0.15) is 6.04 Å². The van der Waals surface area contributed by atoms with Gasteiger partial charge in [-0.15, -0.1) is 0 Å². The Bertz CT molecular complexity index is 1210. The van der Waals surface area contributed by atoms with Crippen LogP contribution in [0.15, 0.2) is 42.0 Å². The largest absolute Gasteiger partial charge is 0.490 e. The second-order valence-corrected chi connectivity index (χ2v) is 14.4. The smallest absolute Gasteiger partial charge is 0.475 e. The first-order chi connectivity index (χ1) is 22.5. The molecule has 0 saturated heterocycles. The number of likely N-dealkylation sites (N-methyl/N-ethyl adjacent to an activating group) is 2. The third-order valence-electron chi connectivity index (χ3n) is 8.38. The van der Waals surface area contributed by atoms with E-state index in [4.69, 9.17) is 14.6 Å². The van der Waals surface area contributed by atoms with Crippen LogP contribution in [0.25, 0.3) is 0 Å². The SMILES string of the molecule is CCCCCCCCOC(=O)/C(C)=C/[C@H](C(C)C)N(C)C(=O)[C@@H](NC(=O)[C@@H](NC)C(C)(C)c1ccccc1)C(C)(C)C.O=C(O)C(F)(F)F. The number of hydrogen-bond donors (Lipinski definition) is 3. The first-order valence-electron chi connectivity index (χ1n) is 17.0. The van der Waals surface area contributed by atoms with Gasteiger partial charge >= 0.3 is 18.1 Å². The molecule has 3 atom stereocenters. The van der Waals surface area contributed by atoms with Gasteiger partial charge in [0.05, 0.1) is 18.7 Å². The summed E-state index contributed by atoms with van der Waals surface area (Å²) in [6.45, 7) is 18.3. The molecule has 2 amide bonds. The molecule has 3 N–H and O–H groups in total. The molecule has 0 saturated carbocycles. The first-order valence-corrected chi connectivity index (χ1v) is 17.0. The lowest BCUT2D eigenvalue weighted by molar-refractivity contribution is -0.192. The predicted molar refractivity (Wildman–Crippen MR) is 187 cm³/mol. The number of aliphatic carboxylic acids is 1. The van der Waals surface area contributed by atoms with Crippen LogP contribution in [0.4, 0.5) is 13.2 Å². The van der Waals surface area contributed by atoms with Gasteiger partial charge in [0.2, 0.25) is 11.8 Å². The van der Waals surface area contributed by atoms with Gasteiger partial charge in [-0.2, -0.15) is 13.2 Å². The van der Waals surface area contributed by atoms with Crippen molar-refractivity contribution < 1.29 is 42.2 Å². The Labute approximate surface area is 291 Å². The fourth-order valence-electron chi connectivity index (χ4n) is 5.32. The van der Waals surface area contributed by atoms with Gasteiger partial charge in [-0.1, -0.05) is 124 Å². The molecule has 0 bridgehead atoms. The quantitative estimate of drug-likeness (QED) is 0.0905. The van der Waals surface area contributed by atoms with Crippen molar-refractivity contribution in [1.29, 1.82) is 0 Å². The molecule has 49 heavy (non-hydrogen) atoms. The highest BCUT2D eigenvalue weighted by Gasteiger charge is 2.42. The fraction of sp³-hybridized carbons (Fsp3) is 0.676. The molecule has 0 radical (unpaired) electrons. The minimum Gasteiger partial charge on any atom is -0.475 e. The number of carbonyl (C=O) groups excluding carboxylic acids is 3. The minimum absolute atomic E-state index is 0.0404. The maximum Gasteiger partial charge on any atom is 0.490 e. The van der Waals surface area contributed by atoms with E-state index in [2.05, 4.69) is 17.6 Å². The predicted octanol–water partition coefficient (Wildman–Crippen LogP) is 7.05. The van der Waals surface area contributed by atoms with Gasteiger partial charge in [-0.05, 0) is 37.3 Å². The number of amides is 2. The van der Waals surface area contributed by atoms with E-state index in [-0.39, 0.29) is 29.7 Å². The number of hydrogen-bond acceptors (Lipinski definition) is 6. The van der Waals surface area contributed by atoms with Crippen LogP contribution in [-0.4, -0.2) is 78.8 Å². The maximum atomic E-state index is 14.0. The zero-order chi connectivity index (χ0) is 38.2. The van der Waals surface area contributed by atoms with Crippen molar-refractivity contribution in [2.75, 3.05) is 20.7 Å². The average molecular weight is 700 g/mol. The number of rotatable bonds is 17. The topological polar surface area (TPSA) is 125 Å². The summed E-state index contributed by atoms with van der Waals surface area (Å²) in [6.07, 6.45) is 3.48. The Morgan fingerprint density at radius 2 is 1.43 bits per heavy atom. The lowest BCUT2D eigenvalue weighted by atomic mass is 9.76. The van der Waals surface area contributed by atoms with Crippen molar-refractivity contribution in [3.05, 3.63) is 47.5 Å². The lowest BCUT2D eigenvalue weighted by Crippen LogP contribution is -2.61. The molecule has 0 aliphatic carbocycles. The summed E-state index contributed by atoms with van der Waals surface area (Å²) < 4.78 is 37.3. The van der Waals surface area contributed by atoms with Crippen LogP contribution in [-0.2, 0) is 29.3 Å². The number of carboxylic acids is 1. The van der Waals surface area contributed by atoms with Crippen molar-refractivity contribution in [3.63, 3.8) is 0 Å². The third-order valence-corrected chi connectivity index (χ3v) is 8.38. The van der Waals surface area contributed by atoms with Crippen molar-refractivity contribution in [1.82, 2.24) is 15.5 Å². The van der Waals surface area contributed by atoms with Gasteiger partial charge in [0.15, 0.2) is 0 Å². The Balaban J connectivity index is 0.00000295. The highest BCUT2D eigenvalue weighted by molar-refractivity contribution is 5.92. The summed E-state index contributed by atoms with van der Waals surface area (Å²) in [5.41, 5.74) is 0.440. The van der Waals surface area contributed by atoms with Crippen LogP contribution in [0.2, 0.25) is 0 Å². The van der Waals surface area contributed by atoms with Crippen LogP contribution in [0.3, 0.4) is 0 Å². The number of carbonyl (C=O) groups is 4. The number of ether oxygens (including phenoxy) is 1. The number of unbranched alkanes of at least 4 members (excludes halogenated alkanes) is 5. The van der Waals surface area contributed by atoms with Crippen LogP contribution < -0.4 is 10.6 Å². The van der Waals surface area contributed by atoms with E-state index in [0.29, 0.717) is 12.2 Å². The molecule has 0 aliphatic rings. The third kappa shape index (κ3) is 15.8. The highest BCUT2D eigenvalue weighted by atomic mass is 19.4. The normalized spacial score (nSPS) is 14.2. The summed E-state index contributed by atoms with van der Waals surface area (Å²) in [6, 6.07) is 8.22. The van der Waals surface area contributed by atoms with E-state index in [1.54, 1.807) is 25.9 Å². The highest BCUT2D eigenvalue weighted by Crippen LogP contribution is 2.29. The molecule has 0 heterocycles. The molecule has 0 fully saturated rings. The van der Waals surface area contributed by atoms with Gasteiger partial charge in [-0.25, -0.2) is 9.59 Å². The number of alkyl halides is 3. The number of nitrogens with zero attached hydrogens (tertiary/aromatic N) is 1. The Kier molecular flexibility index (Phi) is 19.5. The Morgan fingerprint density at radius 3 is 1.88 bits per heavy atom. The number of benzene rings is 1. The zero-order valence-electron chi connectivity index (χ0n) is 31.3. The van der Waals surface area contributed by atoms with E-state index in [0.717, 1.165) is 24.8 Å². The van der Waals surface area contributed by atoms with Gasteiger partial charge < -0.3 is 25.4 Å². The fourth-order valence-corrected chi connectivity index (χ4v) is 5.32. The summed E-state index contributed by atoms with van der Waals surface area (Å²) in [5, 5.41) is 13.4. The number of carboxylic acid groups (broad SMARTS) is 1. The summed E-state index contributed by atoms with van der Waals surface area (Å²) in [7, 11) is 3.51. The van der Waals surface area contributed by atoms with E-state index < -0.39 is 35.1 Å². The van der Waals surface area contributed by atoms with Crippen LogP contribution >= 0.6 is 0 Å². The number of esters is 1. The molecule has 0 unspecified atom stereocenters. The lowest BCUT2D eigenvalue weighted by Gasteiger charge is -2.40. The zero-order valence-corrected chi connectivity index (χ0v) is 31.3. The first kappa shape index (κ1) is 45.6. The molecule has 9 nitrogen and oxygen atoms in total. The monoisotopic (exact) mass is 699 g/mol. The Morgan fingerprint density at radius 1 is 0.918 bits per heavy atom. The molecule has 1 aromatic rings. The number of halogens is 3. The van der Waals surface area contributed by atoms with Crippen molar-refractivity contribution in [2.24, 2.45) is 11.3 Å². The second kappa shape index (κ2) is 21.0. The standard InChI is InChI=1S/C35H59N3O4.C2HF3O2/c1-12-13-14-15-16-20-23-42-33(41)26(4)24-28(25(2)3)38(11)32(40)30(34(5,6)7)37-31(39)29(36-10)35(8,9)27-21-18-17-19-22-27;3-2(4,5)1(6)7/h17-19,21-22,24-25,28-30,36H,12-16,20,23H2,1-11H3,(H,37,39);(H,6,7)/b26-24+;/t28-,29-,30-;/m1./s1. The number of nitrogens with one attached hydrogen (secondary N) is 2. The minimum atomic E-state index is -5.08. The molecule has 12 heteroatoms. The molecule has 1 aromatic carbocycles. The van der Waals surface area contributed by atoms with Crippen LogP contribution in [0.5, 0.6) is 0 Å². The molecule has 0 aliphatic heterocycles. The summed E-state index contributed by atoms with van der Waals surface area (Å²) in [5.74, 6) is -3.51. The van der Waals surface area contributed by atoms with E-state index in [1.165, 1.54) is 19.3 Å². The molecular formula is C37H60F3N3O6. The van der Waals surface area contributed by atoms with Crippen LogP contribution in [0.1, 0.15) is 106 Å². The van der Waals surface area contributed by atoms with Gasteiger partial charge in [0.25, 0.3) is 0 Å².